The molecule has 0 bridgehead atoms. The third-order valence-electron chi connectivity index (χ3n) is 3.95. The minimum Gasteiger partial charge on any atom is -0.468 e. The lowest BCUT2D eigenvalue weighted by Gasteiger charge is -2.40. The maximum atomic E-state index is 11.9. The van der Waals surface area contributed by atoms with E-state index in [0.717, 1.165) is 26.2 Å². The second-order valence-corrected chi connectivity index (χ2v) is 6.29. The van der Waals surface area contributed by atoms with Gasteiger partial charge in [-0.15, -0.1) is 0 Å². The summed E-state index contributed by atoms with van der Waals surface area (Å²) in [5.74, 6) is -0.172. The Hall–Kier alpha value is -0.610. The van der Waals surface area contributed by atoms with Crippen LogP contribution in [0.2, 0.25) is 0 Å². The van der Waals surface area contributed by atoms with E-state index in [2.05, 4.69) is 24.1 Å². The van der Waals surface area contributed by atoms with Gasteiger partial charge in [-0.05, 0) is 44.8 Å². The van der Waals surface area contributed by atoms with E-state index in [-0.39, 0.29) is 5.97 Å². The quantitative estimate of drug-likeness (QED) is 0.760. The molecule has 1 saturated heterocycles. The number of ether oxygens (including phenoxy) is 1. The van der Waals surface area contributed by atoms with Crippen LogP contribution in [-0.4, -0.2) is 49.7 Å². The molecular weight excluding hydrogens is 228 g/mol. The molecule has 1 unspecified atom stereocenters. The summed E-state index contributed by atoms with van der Waals surface area (Å²) in [6.07, 6.45) is 2.38. The predicted octanol–water partition coefficient (Wildman–Crippen LogP) is 1.65. The van der Waals surface area contributed by atoms with E-state index in [9.17, 15) is 4.79 Å². The Morgan fingerprint density at radius 2 is 1.94 bits per heavy atom. The van der Waals surface area contributed by atoms with Crippen molar-refractivity contribution in [1.82, 2.24) is 10.2 Å². The van der Waals surface area contributed by atoms with Crippen molar-refractivity contribution >= 4 is 5.97 Å². The van der Waals surface area contributed by atoms with Gasteiger partial charge >= 0.3 is 5.97 Å². The summed E-state index contributed by atoms with van der Waals surface area (Å²) in [6, 6.07) is 0. The first-order chi connectivity index (χ1) is 8.33. The van der Waals surface area contributed by atoms with Gasteiger partial charge in [0.05, 0.1) is 7.11 Å². The minimum absolute atomic E-state index is 0.172. The summed E-state index contributed by atoms with van der Waals surface area (Å²) in [6.45, 7) is 12.2. The van der Waals surface area contributed by atoms with Crippen molar-refractivity contribution in [1.29, 1.82) is 0 Å². The number of esters is 1. The minimum atomic E-state index is -0.592. The van der Waals surface area contributed by atoms with Crippen LogP contribution >= 0.6 is 0 Å². The van der Waals surface area contributed by atoms with E-state index in [4.69, 9.17) is 4.74 Å². The highest BCUT2D eigenvalue weighted by Gasteiger charge is 2.37. The van der Waals surface area contributed by atoms with Crippen LogP contribution in [-0.2, 0) is 9.53 Å². The first-order valence-corrected chi connectivity index (χ1v) is 6.89. The molecule has 106 valence electrons. The van der Waals surface area contributed by atoms with Gasteiger partial charge in [-0.25, -0.2) is 0 Å². The van der Waals surface area contributed by atoms with Crippen LogP contribution in [0, 0.1) is 5.41 Å². The third kappa shape index (κ3) is 3.95. The number of likely N-dealkylation sites (N-methyl/N-ethyl adjacent to an activating group) is 1. The van der Waals surface area contributed by atoms with Crippen LogP contribution < -0.4 is 5.32 Å². The van der Waals surface area contributed by atoms with Gasteiger partial charge in [0, 0.05) is 6.54 Å². The lowest BCUT2D eigenvalue weighted by molar-refractivity contribution is -0.149. The summed E-state index contributed by atoms with van der Waals surface area (Å²) in [5, 5.41) is 3.26. The van der Waals surface area contributed by atoms with Crippen LogP contribution in [0.25, 0.3) is 0 Å². The molecule has 1 atom stereocenters. The Bertz CT molecular complexity index is 282. The largest absolute Gasteiger partial charge is 0.468 e. The standard InChI is InChI=1S/C14H28N2O2/c1-6-15-14(4,12(17)18-5)11-16-9-7-13(2,3)8-10-16/h15H,6-11H2,1-5H3. The fraction of sp³-hybridized carbons (Fsp3) is 0.929. The Labute approximate surface area is 111 Å². The molecule has 1 aliphatic rings. The van der Waals surface area contributed by atoms with Crippen molar-refractivity contribution in [3.8, 4) is 0 Å². The number of hydrogen-bond acceptors (Lipinski definition) is 4. The Morgan fingerprint density at radius 1 is 1.39 bits per heavy atom. The number of rotatable bonds is 5. The van der Waals surface area contributed by atoms with E-state index in [1.807, 2.05) is 13.8 Å². The molecule has 0 aromatic heterocycles. The lowest BCUT2D eigenvalue weighted by atomic mass is 9.82. The van der Waals surface area contributed by atoms with Crippen LogP contribution in [0.5, 0.6) is 0 Å². The first-order valence-electron chi connectivity index (χ1n) is 6.89. The maximum absolute atomic E-state index is 11.9. The van der Waals surface area contributed by atoms with Crippen molar-refractivity contribution in [3.05, 3.63) is 0 Å². The molecule has 18 heavy (non-hydrogen) atoms. The fourth-order valence-electron chi connectivity index (χ4n) is 2.57. The number of piperidine rings is 1. The van der Waals surface area contributed by atoms with Crippen LogP contribution in [0.15, 0.2) is 0 Å². The molecule has 4 heteroatoms. The molecule has 0 amide bonds. The summed E-state index contributed by atoms with van der Waals surface area (Å²) in [5.41, 5.74) is -0.151. The number of methoxy groups -OCH3 is 1. The van der Waals surface area contributed by atoms with Gasteiger partial charge in [-0.3, -0.25) is 4.79 Å². The molecule has 1 heterocycles. The van der Waals surface area contributed by atoms with E-state index in [1.165, 1.54) is 20.0 Å². The van der Waals surface area contributed by atoms with Crippen LogP contribution in [0.1, 0.15) is 40.5 Å². The van der Waals surface area contributed by atoms with Gasteiger partial charge < -0.3 is 15.0 Å². The third-order valence-corrected chi connectivity index (χ3v) is 3.95. The zero-order valence-electron chi connectivity index (χ0n) is 12.5. The Morgan fingerprint density at radius 3 is 2.39 bits per heavy atom. The van der Waals surface area contributed by atoms with E-state index < -0.39 is 5.54 Å². The molecule has 1 rings (SSSR count). The van der Waals surface area contributed by atoms with Crippen LogP contribution in [0.3, 0.4) is 0 Å². The molecule has 1 fully saturated rings. The SMILES string of the molecule is CCNC(C)(CN1CCC(C)(C)CC1)C(=O)OC. The van der Waals surface area contributed by atoms with Gasteiger partial charge in [0.1, 0.15) is 5.54 Å². The average Bonchev–Trinajstić information content (AvgIpc) is 2.31. The Balaban J connectivity index is 2.60. The number of carbonyl (C=O) groups excluding carboxylic acids is 1. The highest BCUT2D eigenvalue weighted by Crippen LogP contribution is 2.30. The van der Waals surface area contributed by atoms with Crippen molar-refractivity contribution in [2.75, 3.05) is 33.3 Å². The van der Waals surface area contributed by atoms with Gasteiger partial charge in [-0.1, -0.05) is 20.8 Å². The number of nitrogens with zero attached hydrogens (tertiary/aromatic N) is 1. The van der Waals surface area contributed by atoms with E-state index in [0.29, 0.717) is 5.41 Å². The van der Waals surface area contributed by atoms with Gasteiger partial charge in [-0.2, -0.15) is 0 Å². The molecule has 0 aliphatic carbocycles. The molecule has 0 saturated carbocycles. The molecule has 1 aliphatic heterocycles. The number of nitrogens with one attached hydrogen (secondary N) is 1. The normalized spacial score (nSPS) is 23.4. The van der Waals surface area contributed by atoms with Crippen molar-refractivity contribution in [3.63, 3.8) is 0 Å². The van der Waals surface area contributed by atoms with Crippen LogP contribution in [0.4, 0.5) is 0 Å². The summed E-state index contributed by atoms with van der Waals surface area (Å²) < 4.78 is 4.92. The number of hydrogen-bond donors (Lipinski definition) is 1. The van der Waals surface area contributed by atoms with Gasteiger partial charge in [0.25, 0.3) is 0 Å². The highest BCUT2D eigenvalue weighted by atomic mass is 16.5. The summed E-state index contributed by atoms with van der Waals surface area (Å²) >= 11 is 0. The number of carbonyl (C=O) groups is 1. The molecule has 4 nitrogen and oxygen atoms in total. The maximum Gasteiger partial charge on any atom is 0.327 e. The smallest absolute Gasteiger partial charge is 0.327 e. The molecule has 0 aromatic rings. The summed E-state index contributed by atoms with van der Waals surface area (Å²) in [7, 11) is 1.46. The molecule has 0 spiro atoms. The number of likely N-dealkylation sites (tertiary alicyclic amines) is 1. The zero-order chi connectivity index (χ0) is 13.8. The average molecular weight is 256 g/mol. The molecular formula is C14H28N2O2. The zero-order valence-corrected chi connectivity index (χ0v) is 12.5. The Kier molecular flexibility index (Phi) is 5.17. The summed E-state index contributed by atoms with van der Waals surface area (Å²) in [4.78, 5) is 14.3. The monoisotopic (exact) mass is 256 g/mol. The van der Waals surface area contributed by atoms with Gasteiger partial charge in [0.15, 0.2) is 0 Å². The second-order valence-electron chi connectivity index (χ2n) is 6.29. The first kappa shape index (κ1) is 15.4. The second kappa shape index (κ2) is 6.02. The van der Waals surface area contributed by atoms with E-state index >= 15 is 0 Å². The van der Waals surface area contributed by atoms with Crippen molar-refractivity contribution in [2.45, 2.75) is 46.1 Å². The van der Waals surface area contributed by atoms with Crippen molar-refractivity contribution in [2.24, 2.45) is 5.41 Å². The molecule has 1 N–H and O–H groups in total. The lowest BCUT2D eigenvalue weighted by Crippen LogP contribution is -2.58. The highest BCUT2D eigenvalue weighted by molar-refractivity contribution is 5.80. The van der Waals surface area contributed by atoms with E-state index in [1.54, 1.807) is 0 Å². The fourth-order valence-corrected chi connectivity index (χ4v) is 2.57. The molecule has 0 aromatic carbocycles. The predicted molar refractivity (Wildman–Crippen MR) is 73.6 cm³/mol. The topological polar surface area (TPSA) is 41.6 Å². The van der Waals surface area contributed by atoms with Gasteiger partial charge in [0.2, 0.25) is 0 Å². The van der Waals surface area contributed by atoms with Crippen molar-refractivity contribution < 1.29 is 9.53 Å². The molecule has 0 radical (unpaired) electrons.